The Morgan fingerprint density at radius 3 is 2.81 bits per heavy atom. The SMILES string of the molecule is O=C(O)c1c(F)cccc1-n1cc(I)cn1. The zero-order valence-corrected chi connectivity index (χ0v) is 10.1. The van der Waals surface area contributed by atoms with Crippen molar-refractivity contribution < 1.29 is 14.3 Å². The third-order valence-corrected chi connectivity index (χ3v) is 2.56. The molecule has 2 rings (SSSR count). The first-order valence-corrected chi connectivity index (χ1v) is 5.40. The molecule has 6 heteroatoms. The molecule has 0 aliphatic carbocycles. The Hall–Kier alpha value is -1.44. The maximum Gasteiger partial charge on any atom is 0.340 e. The van der Waals surface area contributed by atoms with E-state index in [0.717, 1.165) is 9.64 Å². The lowest BCUT2D eigenvalue weighted by Gasteiger charge is -2.06. The summed E-state index contributed by atoms with van der Waals surface area (Å²) >= 11 is 2.04. The van der Waals surface area contributed by atoms with E-state index < -0.39 is 11.8 Å². The van der Waals surface area contributed by atoms with Crippen molar-refractivity contribution in [2.45, 2.75) is 0 Å². The van der Waals surface area contributed by atoms with Crippen LogP contribution in [0, 0.1) is 9.39 Å². The van der Waals surface area contributed by atoms with Crippen LogP contribution in [-0.4, -0.2) is 20.9 Å². The highest BCUT2D eigenvalue weighted by atomic mass is 127. The fourth-order valence-electron chi connectivity index (χ4n) is 1.35. The molecule has 0 aliphatic rings. The largest absolute Gasteiger partial charge is 0.478 e. The monoisotopic (exact) mass is 332 g/mol. The summed E-state index contributed by atoms with van der Waals surface area (Å²) in [6, 6.07) is 4.07. The Morgan fingerprint density at radius 1 is 1.50 bits per heavy atom. The smallest absolute Gasteiger partial charge is 0.340 e. The van der Waals surface area contributed by atoms with Crippen LogP contribution in [0.15, 0.2) is 30.6 Å². The number of nitrogens with zero attached hydrogens (tertiary/aromatic N) is 2. The van der Waals surface area contributed by atoms with E-state index in [1.807, 2.05) is 22.6 Å². The van der Waals surface area contributed by atoms with Crippen LogP contribution in [0.4, 0.5) is 4.39 Å². The molecule has 0 amide bonds. The Bertz CT molecular complexity index is 554. The van der Waals surface area contributed by atoms with Crippen LogP contribution in [0.3, 0.4) is 0 Å². The molecule has 0 aliphatic heterocycles. The molecule has 1 N–H and O–H groups in total. The molecular formula is C10H6FIN2O2. The van der Waals surface area contributed by atoms with Crippen molar-refractivity contribution in [2.24, 2.45) is 0 Å². The molecule has 0 saturated heterocycles. The maximum absolute atomic E-state index is 13.4. The van der Waals surface area contributed by atoms with Gasteiger partial charge in [-0.05, 0) is 34.7 Å². The van der Waals surface area contributed by atoms with Crippen molar-refractivity contribution in [3.63, 3.8) is 0 Å². The molecule has 0 spiro atoms. The lowest BCUT2D eigenvalue weighted by atomic mass is 10.1. The summed E-state index contributed by atoms with van der Waals surface area (Å²) in [6.45, 7) is 0. The van der Waals surface area contributed by atoms with Crippen LogP contribution in [0.25, 0.3) is 5.69 Å². The van der Waals surface area contributed by atoms with E-state index in [2.05, 4.69) is 5.10 Å². The quantitative estimate of drug-likeness (QED) is 0.859. The summed E-state index contributed by atoms with van der Waals surface area (Å²) in [5, 5.41) is 12.9. The maximum atomic E-state index is 13.4. The van der Waals surface area contributed by atoms with Gasteiger partial charge in [0.2, 0.25) is 0 Å². The molecule has 0 unspecified atom stereocenters. The highest BCUT2D eigenvalue weighted by Crippen LogP contribution is 2.18. The number of hydrogen-bond acceptors (Lipinski definition) is 2. The van der Waals surface area contributed by atoms with Crippen molar-refractivity contribution in [2.75, 3.05) is 0 Å². The number of benzene rings is 1. The van der Waals surface area contributed by atoms with Gasteiger partial charge in [0, 0.05) is 6.20 Å². The van der Waals surface area contributed by atoms with Gasteiger partial charge in [-0.25, -0.2) is 13.9 Å². The lowest BCUT2D eigenvalue weighted by molar-refractivity contribution is 0.0691. The van der Waals surface area contributed by atoms with Crippen LogP contribution >= 0.6 is 22.6 Å². The molecule has 1 aromatic heterocycles. The summed E-state index contributed by atoms with van der Waals surface area (Å²) in [6.07, 6.45) is 3.19. The summed E-state index contributed by atoms with van der Waals surface area (Å²) in [5.41, 5.74) is -0.155. The number of carboxylic acid groups (broad SMARTS) is 1. The van der Waals surface area contributed by atoms with Gasteiger partial charge in [0.05, 0.1) is 15.5 Å². The van der Waals surface area contributed by atoms with Gasteiger partial charge in [-0.2, -0.15) is 5.10 Å². The predicted molar refractivity (Wildman–Crippen MR) is 63.2 cm³/mol. The van der Waals surface area contributed by atoms with Gasteiger partial charge in [0.25, 0.3) is 0 Å². The average Bonchev–Trinajstić information content (AvgIpc) is 2.63. The van der Waals surface area contributed by atoms with Gasteiger partial charge < -0.3 is 5.11 Å². The molecule has 0 fully saturated rings. The number of rotatable bonds is 2. The number of aromatic carboxylic acids is 1. The number of carboxylic acids is 1. The molecule has 16 heavy (non-hydrogen) atoms. The topological polar surface area (TPSA) is 55.1 Å². The third-order valence-electron chi connectivity index (χ3n) is 2.00. The molecule has 1 aromatic carbocycles. The third kappa shape index (κ3) is 1.92. The number of halogens is 2. The van der Waals surface area contributed by atoms with E-state index in [1.165, 1.54) is 16.8 Å². The van der Waals surface area contributed by atoms with E-state index in [1.54, 1.807) is 12.4 Å². The predicted octanol–water partition coefficient (Wildman–Crippen LogP) is 2.31. The second-order valence-electron chi connectivity index (χ2n) is 3.04. The van der Waals surface area contributed by atoms with E-state index in [-0.39, 0.29) is 11.3 Å². The molecule has 0 radical (unpaired) electrons. The molecule has 2 aromatic rings. The highest BCUT2D eigenvalue weighted by molar-refractivity contribution is 14.1. The number of hydrogen-bond donors (Lipinski definition) is 1. The van der Waals surface area contributed by atoms with Crippen LogP contribution in [0.1, 0.15) is 10.4 Å². The zero-order valence-electron chi connectivity index (χ0n) is 7.89. The molecule has 0 bridgehead atoms. The van der Waals surface area contributed by atoms with Crippen LogP contribution < -0.4 is 0 Å². The van der Waals surface area contributed by atoms with Crippen molar-refractivity contribution in [3.8, 4) is 5.69 Å². The molecule has 0 atom stereocenters. The Labute approximate surface area is 104 Å². The number of carbonyl (C=O) groups is 1. The second-order valence-corrected chi connectivity index (χ2v) is 4.29. The normalized spacial score (nSPS) is 10.4. The van der Waals surface area contributed by atoms with Crippen molar-refractivity contribution in [1.29, 1.82) is 0 Å². The first-order chi connectivity index (χ1) is 7.59. The Balaban J connectivity index is 2.65. The van der Waals surface area contributed by atoms with Gasteiger partial charge in [0.1, 0.15) is 11.4 Å². The van der Waals surface area contributed by atoms with E-state index in [0.29, 0.717) is 0 Å². The average molecular weight is 332 g/mol. The van der Waals surface area contributed by atoms with Crippen LogP contribution in [-0.2, 0) is 0 Å². The minimum absolute atomic E-state index is 0.218. The number of aromatic nitrogens is 2. The fourth-order valence-corrected chi connectivity index (χ4v) is 1.74. The van der Waals surface area contributed by atoms with Gasteiger partial charge >= 0.3 is 5.97 Å². The van der Waals surface area contributed by atoms with Gasteiger partial charge in [-0.1, -0.05) is 6.07 Å². The second kappa shape index (κ2) is 4.20. The molecule has 4 nitrogen and oxygen atoms in total. The highest BCUT2D eigenvalue weighted by Gasteiger charge is 2.17. The summed E-state index contributed by atoms with van der Waals surface area (Å²) < 4.78 is 15.6. The standard InChI is InChI=1S/C10H6FIN2O2/c11-7-2-1-3-8(9(7)10(15)16)14-5-6(12)4-13-14/h1-5H,(H,15,16). The van der Waals surface area contributed by atoms with Gasteiger partial charge in [-0.15, -0.1) is 0 Å². The van der Waals surface area contributed by atoms with Crippen LogP contribution in [0.5, 0.6) is 0 Å². The molecule has 82 valence electrons. The van der Waals surface area contributed by atoms with Crippen molar-refractivity contribution in [1.82, 2.24) is 9.78 Å². The van der Waals surface area contributed by atoms with Crippen molar-refractivity contribution in [3.05, 3.63) is 45.5 Å². The summed E-state index contributed by atoms with van der Waals surface area (Å²) in [7, 11) is 0. The lowest BCUT2D eigenvalue weighted by Crippen LogP contribution is -2.08. The molecule has 0 saturated carbocycles. The van der Waals surface area contributed by atoms with E-state index >= 15 is 0 Å². The Kier molecular flexibility index (Phi) is 2.90. The summed E-state index contributed by atoms with van der Waals surface area (Å²) in [5.74, 6) is -2.07. The first-order valence-electron chi connectivity index (χ1n) is 4.32. The van der Waals surface area contributed by atoms with E-state index in [9.17, 15) is 9.18 Å². The summed E-state index contributed by atoms with van der Waals surface area (Å²) in [4.78, 5) is 10.9. The van der Waals surface area contributed by atoms with Crippen LogP contribution in [0.2, 0.25) is 0 Å². The molecular weight excluding hydrogens is 326 g/mol. The Morgan fingerprint density at radius 2 is 2.25 bits per heavy atom. The minimum Gasteiger partial charge on any atom is -0.478 e. The molecule has 1 heterocycles. The van der Waals surface area contributed by atoms with Gasteiger partial charge in [-0.3, -0.25) is 0 Å². The first kappa shape index (κ1) is 11.1. The van der Waals surface area contributed by atoms with Gasteiger partial charge in [0.15, 0.2) is 0 Å². The fraction of sp³-hybridized carbons (Fsp3) is 0. The van der Waals surface area contributed by atoms with E-state index in [4.69, 9.17) is 5.11 Å². The van der Waals surface area contributed by atoms with Crippen molar-refractivity contribution >= 4 is 28.6 Å². The zero-order chi connectivity index (χ0) is 11.7. The minimum atomic E-state index is -1.31.